The van der Waals surface area contributed by atoms with Crippen LogP contribution in [0.5, 0.6) is 5.75 Å². The van der Waals surface area contributed by atoms with Crippen LogP contribution in [0.15, 0.2) is 57.3 Å². The minimum absolute atomic E-state index is 0.237. The monoisotopic (exact) mass is 486 g/mol. The summed E-state index contributed by atoms with van der Waals surface area (Å²) in [7, 11) is 0. The van der Waals surface area contributed by atoms with Crippen LogP contribution in [0.1, 0.15) is 31.3 Å². The molecule has 0 atom stereocenters. The van der Waals surface area contributed by atoms with Crippen LogP contribution in [-0.2, 0) is 5.75 Å². The molecule has 2 aromatic heterocycles. The highest BCUT2D eigenvalue weighted by Gasteiger charge is 2.23. The topological polar surface area (TPSA) is 65.2 Å². The molecule has 5 rings (SSSR count). The Morgan fingerprint density at radius 1 is 1.13 bits per heavy atom. The number of hydrogen-bond acceptors (Lipinski definition) is 9. The van der Waals surface area contributed by atoms with Crippen molar-refractivity contribution in [2.45, 2.75) is 21.6 Å². The number of carbonyl (C=O) groups is 1. The number of furan rings is 1. The highest BCUT2D eigenvalue weighted by atomic mass is 32.2. The molecule has 0 aliphatic carbocycles. The van der Waals surface area contributed by atoms with Crippen molar-refractivity contribution in [2.24, 2.45) is 0 Å². The lowest BCUT2D eigenvalue weighted by Crippen LogP contribution is -2.09. The Morgan fingerprint density at radius 2 is 1.90 bits per heavy atom. The highest BCUT2D eigenvalue weighted by Crippen LogP contribution is 2.45. The average molecular weight is 487 g/mol. The Hall–Kier alpha value is -1.94. The Morgan fingerprint density at radius 3 is 2.65 bits per heavy atom. The predicted molar refractivity (Wildman–Crippen MR) is 129 cm³/mol. The number of ether oxygens (including phenoxy) is 1. The highest BCUT2D eigenvalue weighted by molar-refractivity contribution is 8.19. The molecule has 0 N–H and O–H groups in total. The first-order valence-corrected chi connectivity index (χ1v) is 13.6. The molecule has 0 unspecified atom stereocenters. The number of rotatable bonds is 6. The SMILES string of the molecule is Cc1nnc(SCc2c(C(=O)Oc3ccc(C4SCCS4)cc3)oc3ccccc23)s1. The van der Waals surface area contributed by atoms with Gasteiger partial charge in [-0.05, 0) is 30.7 Å². The van der Waals surface area contributed by atoms with Gasteiger partial charge in [-0.15, -0.1) is 33.7 Å². The number of esters is 1. The van der Waals surface area contributed by atoms with Gasteiger partial charge in [-0.3, -0.25) is 0 Å². The molecule has 5 nitrogen and oxygen atoms in total. The van der Waals surface area contributed by atoms with Crippen LogP contribution in [0.2, 0.25) is 0 Å². The average Bonchev–Trinajstić information content (AvgIpc) is 3.53. The summed E-state index contributed by atoms with van der Waals surface area (Å²) in [5, 5.41) is 10.0. The molecule has 3 heterocycles. The standard InChI is InChI=1S/C22H18N2O3S4/c1-13-23-24-22(31-13)30-12-17-16-4-2-3-5-18(16)27-19(17)20(25)26-15-8-6-14(7-9-15)21-28-10-11-29-21/h2-9,21H,10-12H2,1H3. The van der Waals surface area contributed by atoms with E-state index in [1.807, 2.05) is 79.0 Å². The maximum atomic E-state index is 13.0. The Balaban J connectivity index is 1.37. The van der Waals surface area contributed by atoms with E-state index in [0.29, 0.717) is 21.7 Å². The third-order valence-corrected chi connectivity index (χ3v) is 9.82. The molecule has 1 aliphatic heterocycles. The maximum Gasteiger partial charge on any atom is 0.379 e. The first kappa shape index (κ1) is 20.9. The summed E-state index contributed by atoms with van der Waals surface area (Å²) in [4.78, 5) is 13.0. The molecule has 2 aromatic carbocycles. The van der Waals surface area contributed by atoms with Crippen LogP contribution < -0.4 is 4.74 Å². The molecule has 1 fully saturated rings. The van der Waals surface area contributed by atoms with Crippen LogP contribution in [-0.4, -0.2) is 27.7 Å². The lowest BCUT2D eigenvalue weighted by Gasteiger charge is -2.09. The van der Waals surface area contributed by atoms with Crippen molar-refractivity contribution in [3.8, 4) is 5.75 Å². The van der Waals surface area contributed by atoms with Gasteiger partial charge in [-0.25, -0.2) is 4.79 Å². The minimum atomic E-state index is -0.488. The van der Waals surface area contributed by atoms with Crippen LogP contribution in [0.3, 0.4) is 0 Å². The van der Waals surface area contributed by atoms with Gasteiger partial charge >= 0.3 is 5.97 Å². The fourth-order valence-corrected chi connectivity index (χ4v) is 7.98. The van der Waals surface area contributed by atoms with E-state index in [1.165, 1.54) is 28.4 Å². The van der Waals surface area contributed by atoms with Crippen molar-refractivity contribution in [1.82, 2.24) is 10.2 Å². The van der Waals surface area contributed by atoms with Crippen molar-refractivity contribution >= 4 is 63.6 Å². The molecule has 0 radical (unpaired) electrons. The fourth-order valence-electron chi connectivity index (χ4n) is 3.27. The molecule has 1 saturated heterocycles. The van der Waals surface area contributed by atoms with Gasteiger partial charge < -0.3 is 9.15 Å². The normalized spacial score (nSPS) is 14.4. The third kappa shape index (κ3) is 4.64. The second kappa shape index (κ2) is 9.28. The molecular weight excluding hydrogens is 469 g/mol. The van der Waals surface area contributed by atoms with Gasteiger partial charge in [0.25, 0.3) is 0 Å². The molecule has 31 heavy (non-hydrogen) atoms. The van der Waals surface area contributed by atoms with Crippen molar-refractivity contribution < 1.29 is 13.9 Å². The molecule has 4 aromatic rings. The largest absolute Gasteiger partial charge is 0.449 e. The van der Waals surface area contributed by atoms with Crippen LogP contribution in [0, 0.1) is 6.92 Å². The number of nitrogens with zero attached hydrogens (tertiary/aromatic N) is 2. The van der Waals surface area contributed by atoms with E-state index in [-0.39, 0.29) is 5.76 Å². The van der Waals surface area contributed by atoms with E-state index in [1.54, 1.807) is 11.8 Å². The summed E-state index contributed by atoms with van der Waals surface area (Å²) < 4.78 is 12.9. The number of fused-ring (bicyclic) bond motifs is 1. The lowest BCUT2D eigenvalue weighted by atomic mass is 10.1. The molecule has 0 amide bonds. The summed E-state index contributed by atoms with van der Waals surface area (Å²) in [6, 6.07) is 15.4. The van der Waals surface area contributed by atoms with E-state index in [9.17, 15) is 4.79 Å². The summed E-state index contributed by atoms with van der Waals surface area (Å²) in [5.41, 5.74) is 2.73. The van der Waals surface area contributed by atoms with Crippen LogP contribution in [0.4, 0.5) is 0 Å². The van der Waals surface area contributed by atoms with Gasteiger partial charge in [0.05, 0.1) is 4.58 Å². The molecule has 1 aliphatic rings. The van der Waals surface area contributed by atoms with Gasteiger partial charge in [0, 0.05) is 28.2 Å². The summed E-state index contributed by atoms with van der Waals surface area (Å²) >= 11 is 6.98. The minimum Gasteiger partial charge on any atom is -0.449 e. The number of benzene rings is 2. The Kier molecular flexibility index (Phi) is 6.27. The van der Waals surface area contributed by atoms with Gasteiger partial charge in [-0.1, -0.05) is 53.4 Å². The lowest BCUT2D eigenvalue weighted by molar-refractivity contribution is 0.0702. The van der Waals surface area contributed by atoms with Crippen molar-refractivity contribution in [2.75, 3.05) is 11.5 Å². The Labute approximate surface area is 196 Å². The van der Waals surface area contributed by atoms with Gasteiger partial charge in [-0.2, -0.15) is 0 Å². The first-order chi connectivity index (χ1) is 15.2. The van der Waals surface area contributed by atoms with E-state index in [2.05, 4.69) is 10.2 Å². The van der Waals surface area contributed by atoms with E-state index >= 15 is 0 Å². The van der Waals surface area contributed by atoms with Crippen LogP contribution >= 0.6 is 46.6 Å². The number of thioether (sulfide) groups is 3. The third-order valence-electron chi connectivity index (χ3n) is 4.72. The van der Waals surface area contributed by atoms with Crippen molar-refractivity contribution in [1.29, 1.82) is 0 Å². The van der Waals surface area contributed by atoms with E-state index in [4.69, 9.17) is 9.15 Å². The zero-order valence-electron chi connectivity index (χ0n) is 16.6. The molecule has 0 spiro atoms. The smallest absolute Gasteiger partial charge is 0.379 e. The molecule has 0 bridgehead atoms. The fraction of sp³-hybridized carbons (Fsp3) is 0.227. The van der Waals surface area contributed by atoms with Gasteiger partial charge in [0.2, 0.25) is 5.76 Å². The summed E-state index contributed by atoms with van der Waals surface area (Å²) in [6.45, 7) is 1.92. The second-order valence-corrected chi connectivity index (χ2v) is 11.9. The molecule has 0 saturated carbocycles. The first-order valence-electron chi connectivity index (χ1n) is 9.66. The van der Waals surface area contributed by atoms with Crippen molar-refractivity contribution in [3.63, 3.8) is 0 Å². The quantitative estimate of drug-likeness (QED) is 0.172. The van der Waals surface area contributed by atoms with E-state index < -0.39 is 5.97 Å². The maximum absolute atomic E-state index is 13.0. The van der Waals surface area contributed by atoms with Crippen LogP contribution in [0.25, 0.3) is 11.0 Å². The van der Waals surface area contributed by atoms with Gasteiger partial charge in [0.1, 0.15) is 16.3 Å². The second-order valence-electron chi connectivity index (χ2n) is 6.81. The zero-order chi connectivity index (χ0) is 21.2. The predicted octanol–water partition coefficient (Wildman–Crippen LogP) is 6.58. The summed E-state index contributed by atoms with van der Waals surface area (Å²) in [5.74, 6) is 3.16. The molecular formula is C22H18N2O3S4. The van der Waals surface area contributed by atoms with Crippen molar-refractivity contribution in [3.05, 3.63) is 70.4 Å². The Bertz CT molecular complexity index is 1210. The number of aryl methyl sites for hydroxylation is 1. The number of aromatic nitrogens is 2. The molecule has 158 valence electrons. The van der Waals surface area contributed by atoms with Gasteiger partial charge in [0.15, 0.2) is 4.34 Å². The zero-order valence-corrected chi connectivity index (χ0v) is 19.8. The number of para-hydroxylation sites is 1. The number of hydrogen-bond donors (Lipinski definition) is 0. The van der Waals surface area contributed by atoms with E-state index in [0.717, 1.165) is 20.3 Å². The summed E-state index contributed by atoms with van der Waals surface area (Å²) in [6.07, 6.45) is 0. The number of carbonyl (C=O) groups excluding carboxylic acids is 1. The molecule has 9 heteroatoms.